The van der Waals surface area contributed by atoms with E-state index in [4.69, 9.17) is 4.74 Å². The Labute approximate surface area is 204 Å². The lowest BCUT2D eigenvalue weighted by Crippen LogP contribution is -2.45. The van der Waals surface area contributed by atoms with Gasteiger partial charge in [-0.05, 0) is 87.7 Å². The highest BCUT2D eigenvalue weighted by Crippen LogP contribution is 2.38. The average Bonchev–Trinajstić information content (AvgIpc) is 3.56. The molecule has 0 aromatic heterocycles. The van der Waals surface area contributed by atoms with Crippen LogP contribution in [0.1, 0.15) is 60.9 Å². The smallest absolute Gasteiger partial charge is 0.251 e. The summed E-state index contributed by atoms with van der Waals surface area (Å²) in [7, 11) is 0. The van der Waals surface area contributed by atoms with Gasteiger partial charge in [0.15, 0.2) is 0 Å². The standard InChI is InChI=1S/C29H39N3O2/c33-28(25-10-12-26(13-11-25)32-19-4-5-20-32)30-23-27-14-15-29(34-27)16-21-31(22-17-29)18-6-9-24-7-2-1-3-8-24/h1-3,7-8,10-13,27H,4-6,9,14-23H2,(H,30,33)/t27-/m0/s1. The third-order valence-corrected chi connectivity index (χ3v) is 7.98. The van der Waals surface area contributed by atoms with Crippen molar-refractivity contribution in [2.75, 3.05) is 44.2 Å². The van der Waals surface area contributed by atoms with E-state index in [0.29, 0.717) is 6.54 Å². The van der Waals surface area contributed by atoms with E-state index in [-0.39, 0.29) is 17.6 Å². The minimum absolute atomic E-state index is 0.00533. The number of carbonyl (C=O) groups excluding carboxylic acids is 1. The monoisotopic (exact) mass is 461 g/mol. The lowest BCUT2D eigenvalue weighted by Gasteiger charge is -2.39. The molecule has 0 bridgehead atoms. The number of hydrogen-bond acceptors (Lipinski definition) is 4. The largest absolute Gasteiger partial charge is 0.372 e. The van der Waals surface area contributed by atoms with Crippen LogP contribution >= 0.6 is 0 Å². The highest BCUT2D eigenvalue weighted by molar-refractivity contribution is 5.94. The fourth-order valence-corrected chi connectivity index (χ4v) is 5.85. The van der Waals surface area contributed by atoms with Gasteiger partial charge in [-0.2, -0.15) is 0 Å². The summed E-state index contributed by atoms with van der Waals surface area (Å²) in [6.07, 6.45) is 9.42. The van der Waals surface area contributed by atoms with Crippen molar-refractivity contribution in [2.45, 2.75) is 63.1 Å². The number of likely N-dealkylation sites (tertiary alicyclic amines) is 1. The summed E-state index contributed by atoms with van der Waals surface area (Å²) >= 11 is 0. The molecule has 3 saturated heterocycles. The predicted octanol–water partition coefficient (Wildman–Crippen LogP) is 4.66. The number of aryl methyl sites for hydroxylation is 1. The summed E-state index contributed by atoms with van der Waals surface area (Å²) in [5.41, 5.74) is 3.42. The highest BCUT2D eigenvalue weighted by atomic mass is 16.5. The van der Waals surface area contributed by atoms with E-state index in [0.717, 1.165) is 63.8 Å². The number of piperidine rings is 1. The second-order valence-corrected chi connectivity index (χ2v) is 10.3. The minimum Gasteiger partial charge on any atom is -0.372 e. The van der Waals surface area contributed by atoms with Crippen molar-refractivity contribution in [2.24, 2.45) is 0 Å². The topological polar surface area (TPSA) is 44.8 Å². The number of nitrogens with zero attached hydrogens (tertiary/aromatic N) is 2. The van der Waals surface area contributed by atoms with E-state index in [1.807, 2.05) is 12.1 Å². The fraction of sp³-hybridized carbons (Fsp3) is 0.552. The first-order valence-electron chi connectivity index (χ1n) is 13.3. The highest BCUT2D eigenvalue weighted by Gasteiger charge is 2.42. The molecule has 1 amide bonds. The second kappa shape index (κ2) is 10.9. The number of hydrogen-bond donors (Lipinski definition) is 1. The Morgan fingerprint density at radius 2 is 1.68 bits per heavy atom. The number of amides is 1. The van der Waals surface area contributed by atoms with Crippen LogP contribution in [0.25, 0.3) is 0 Å². The van der Waals surface area contributed by atoms with Gasteiger partial charge in [0.1, 0.15) is 0 Å². The number of nitrogens with one attached hydrogen (secondary N) is 1. The molecule has 3 aliphatic rings. The molecule has 2 aromatic rings. The molecule has 5 nitrogen and oxygen atoms in total. The van der Waals surface area contributed by atoms with Crippen molar-refractivity contribution < 1.29 is 9.53 Å². The summed E-state index contributed by atoms with van der Waals surface area (Å²) in [4.78, 5) is 17.6. The molecule has 3 aliphatic heterocycles. The number of carbonyl (C=O) groups is 1. The summed E-state index contributed by atoms with van der Waals surface area (Å²) in [5, 5.41) is 3.12. The molecule has 0 unspecified atom stereocenters. The molecule has 182 valence electrons. The summed E-state index contributed by atoms with van der Waals surface area (Å²) in [6.45, 7) is 6.26. The zero-order valence-corrected chi connectivity index (χ0v) is 20.4. The maximum absolute atomic E-state index is 12.7. The van der Waals surface area contributed by atoms with Gasteiger partial charge in [0.05, 0.1) is 11.7 Å². The van der Waals surface area contributed by atoms with Gasteiger partial charge in [0.25, 0.3) is 5.91 Å². The molecule has 3 fully saturated rings. The number of anilines is 1. The predicted molar refractivity (Wildman–Crippen MR) is 137 cm³/mol. The van der Waals surface area contributed by atoms with Gasteiger partial charge in [0, 0.05) is 44.0 Å². The molecule has 1 spiro atoms. The van der Waals surface area contributed by atoms with Crippen molar-refractivity contribution in [3.63, 3.8) is 0 Å². The molecular weight excluding hydrogens is 422 g/mol. The number of benzene rings is 2. The van der Waals surface area contributed by atoms with Crippen molar-refractivity contribution in [3.8, 4) is 0 Å². The van der Waals surface area contributed by atoms with Crippen LogP contribution in [0.15, 0.2) is 54.6 Å². The van der Waals surface area contributed by atoms with Crippen molar-refractivity contribution in [3.05, 3.63) is 65.7 Å². The lowest BCUT2D eigenvalue weighted by atomic mass is 9.88. The third kappa shape index (κ3) is 5.81. The summed E-state index contributed by atoms with van der Waals surface area (Å²) in [6, 6.07) is 18.8. The maximum Gasteiger partial charge on any atom is 0.251 e. The van der Waals surface area contributed by atoms with Gasteiger partial charge in [-0.3, -0.25) is 4.79 Å². The maximum atomic E-state index is 12.7. The SMILES string of the molecule is O=C(NC[C@@H]1CCC2(CCN(CCCc3ccccc3)CC2)O1)c1ccc(N2CCCC2)cc1. The van der Waals surface area contributed by atoms with Gasteiger partial charge >= 0.3 is 0 Å². The van der Waals surface area contributed by atoms with Gasteiger partial charge in [0.2, 0.25) is 0 Å². The molecule has 5 rings (SSSR count). The van der Waals surface area contributed by atoms with Crippen LogP contribution in [-0.4, -0.2) is 61.8 Å². The van der Waals surface area contributed by atoms with Crippen LogP contribution in [0.3, 0.4) is 0 Å². The number of ether oxygens (including phenoxy) is 1. The molecule has 3 heterocycles. The van der Waals surface area contributed by atoms with Crippen LogP contribution in [-0.2, 0) is 11.2 Å². The van der Waals surface area contributed by atoms with Crippen LogP contribution in [0.2, 0.25) is 0 Å². The Balaban J connectivity index is 1.02. The third-order valence-electron chi connectivity index (χ3n) is 7.98. The van der Waals surface area contributed by atoms with E-state index in [9.17, 15) is 4.79 Å². The zero-order chi connectivity index (χ0) is 23.2. The van der Waals surface area contributed by atoms with Crippen LogP contribution in [0.4, 0.5) is 5.69 Å². The van der Waals surface area contributed by atoms with E-state index >= 15 is 0 Å². The Bertz CT molecular complexity index is 916. The van der Waals surface area contributed by atoms with E-state index < -0.39 is 0 Å². The molecule has 34 heavy (non-hydrogen) atoms. The van der Waals surface area contributed by atoms with Crippen molar-refractivity contribution in [1.29, 1.82) is 0 Å². The Morgan fingerprint density at radius 1 is 0.941 bits per heavy atom. The quantitative estimate of drug-likeness (QED) is 0.621. The van der Waals surface area contributed by atoms with Gasteiger partial charge < -0.3 is 19.9 Å². The Kier molecular flexibility index (Phi) is 7.51. The zero-order valence-electron chi connectivity index (χ0n) is 20.4. The molecule has 1 atom stereocenters. The average molecular weight is 462 g/mol. The first-order chi connectivity index (χ1) is 16.7. The van der Waals surface area contributed by atoms with Crippen molar-refractivity contribution in [1.82, 2.24) is 10.2 Å². The molecule has 0 radical (unpaired) electrons. The van der Waals surface area contributed by atoms with E-state index in [2.05, 4.69) is 57.6 Å². The summed E-state index contributed by atoms with van der Waals surface area (Å²) < 4.78 is 6.54. The van der Waals surface area contributed by atoms with Gasteiger partial charge in [-0.25, -0.2) is 0 Å². The van der Waals surface area contributed by atoms with E-state index in [1.54, 1.807) is 0 Å². The van der Waals surface area contributed by atoms with Crippen LogP contribution < -0.4 is 10.2 Å². The normalized spacial score (nSPS) is 22.4. The Hall–Kier alpha value is -2.37. The molecule has 0 aliphatic carbocycles. The lowest BCUT2D eigenvalue weighted by molar-refractivity contribution is -0.0754. The first-order valence-corrected chi connectivity index (χ1v) is 13.3. The van der Waals surface area contributed by atoms with Gasteiger partial charge in [-0.15, -0.1) is 0 Å². The van der Waals surface area contributed by atoms with Gasteiger partial charge in [-0.1, -0.05) is 30.3 Å². The van der Waals surface area contributed by atoms with Crippen LogP contribution in [0, 0.1) is 0 Å². The molecule has 2 aromatic carbocycles. The molecule has 5 heteroatoms. The second-order valence-electron chi connectivity index (χ2n) is 10.3. The first kappa shape index (κ1) is 23.4. The molecule has 0 saturated carbocycles. The molecular formula is C29H39N3O2. The fourth-order valence-electron chi connectivity index (χ4n) is 5.85. The molecule has 1 N–H and O–H groups in total. The van der Waals surface area contributed by atoms with E-state index in [1.165, 1.54) is 37.1 Å². The number of rotatable bonds is 8. The Morgan fingerprint density at radius 3 is 2.41 bits per heavy atom. The van der Waals surface area contributed by atoms with Crippen LogP contribution in [0.5, 0.6) is 0 Å². The van der Waals surface area contributed by atoms with Crippen molar-refractivity contribution >= 4 is 11.6 Å². The minimum atomic E-state index is 0.00533. The summed E-state index contributed by atoms with van der Waals surface area (Å²) in [5.74, 6) is 0.00533.